The fraction of sp³-hybridized carbons (Fsp3) is 0.562. The molecule has 7 nitrogen and oxygen atoms in total. The Balaban J connectivity index is 2.01. The van der Waals surface area contributed by atoms with Crippen molar-refractivity contribution in [1.29, 1.82) is 0 Å². The normalized spacial score (nSPS) is 17.1. The van der Waals surface area contributed by atoms with Gasteiger partial charge in [0.2, 0.25) is 0 Å². The Kier molecular flexibility index (Phi) is 6.44. The number of nitrogens with zero attached hydrogens (tertiary/aromatic N) is 1. The zero-order valence-corrected chi connectivity index (χ0v) is 14.5. The minimum Gasteiger partial charge on any atom is -0.748 e. The van der Waals surface area contributed by atoms with Crippen LogP contribution in [-0.2, 0) is 14.9 Å². The van der Waals surface area contributed by atoms with Crippen LogP contribution < -0.4 is 15.0 Å². The topological polar surface area (TPSA) is 98.8 Å². The van der Waals surface area contributed by atoms with Crippen molar-refractivity contribution in [1.82, 2.24) is 5.32 Å². The Hall–Kier alpha value is -1.80. The smallest absolute Gasteiger partial charge is 0.262 e. The van der Waals surface area contributed by atoms with Gasteiger partial charge in [0, 0.05) is 18.8 Å². The Bertz CT molecular complexity index is 662. The Labute approximate surface area is 142 Å². The number of rotatable bonds is 8. The van der Waals surface area contributed by atoms with Crippen LogP contribution in [0.15, 0.2) is 24.3 Å². The van der Waals surface area contributed by atoms with Crippen LogP contribution in [0.2, 0.25) is 0 Å². The summed E-state index contributed by atoms with van der Waals surface area (Å²) in [5, 5.41) is 2.83. The number of hydrogen-bond acceptors (Lipinski definition) is 6. The van der Waals surface area contributed by atoms with Gasteiger partial charge in [0.05, 0.1) is 22.4 Å². The van der Waals surface area contributed by atoms with Crippen molar-refractivity contribution in [3.63, 3.8) is 0 Å². The SMILES string of the molecule is CCCNC(=O)[C@@H]1CN(CCCCS(=O)(=O)[O-])c2ccccc2O1. The zero-order valence-electron chi connectivity index (χ0n) is 13.7. The van der Waals surface area contributed by atoms with Gasteiger partial charge < -0.3 is 19.5 Å². The number of unbranched alkanes of at least 4 members (excludes halogenated alkanes) is 1. The van der Waals surface area contributed by atoms with Gasteiger partial charge in [0.15, 0.2) is 6.10 Å². The molecule has 1 aliphatic rings. The lowest BCUT2D eigenvalue weighted by molar-refractivity contribution is -0.127. The van der Waals surface area contributed by atoms with E-state index in [-0.39, 0.29) is 11.7 Å². The maximum Gasteiger partial charge on any atom is 0.262 e. The van der Waals surface area contributed by atoms with Crippen LogP contribution in [0, 0.1) is 0 Å². The summed E-state index contributed by atoms with van der Waals surface area (Å²) in [6.07, 6.45) is 1.11. The molecule has 1 N–H and O–H groups in total. The molecule has 1 amide bonds. The molecule has 0 aromatic heterocycles. The summed E-state index contributed by atoms with van der Waals surface area (Å²) >= 11 is 0. The first kappa shape index (κ1) is 18.5. The summed E-state index contributed by atoms with van der Waals surface area (Å²) < 4.78 is 37.8. The third-order valence-corrected chi connectivity index (χ3v) is 4.56. The van der Waals surface area contributed by atoms with Crippen molar-refractivity contribution in [2.75, 3.05) is 30.3 Å². The monoisotopic (exact) mass is 355 g/mol. The predicted molar refractivity (Wildman–Crippen MR) is 90.2 cm³/mol. The molecule has 1 aliphatic heterocycles. The molecule has 0 spiro atoms. The van der Waals surface area contributed by atoms with Gasteiger partial charge in [0.25, 0.3) is 5.91 Å². The molecule has 24 heavy (non-hydrogen) atoms. The van der Waals surface area contributed by atoms with E-state index < -0.39 is 16.2 Å². The van der Waals surface area contributed by atoms with Crippen molar-refractivity contribution >= 4 is 21.7 Å². The van der Waals surface area contributed by atoms with E-state index in [0.29, 0.717) is 38.2 Å². The summed E-state index contributed by atoms with van der Waals surface area (Å²) in [6.45, 7) is 3.54. The number of carbonyl (C=O) groups is 1. The molecule has 8 heteroatoms. The average Bonchev–Trinajstić information content (AvgIpc) is 2.55. The highest BCUT2D eigenvalue weighted by Gasteiger charge is 2.30. The molecule has 2 rings (SSSR count). The quantitative estimate of drug-likeness (QED) is 0.554. The second kappa shape index (κ2) is 8.34. The number of benzene rings is 1. The Morgan fingerprint density at radius 1 is 1.38 bits per heavy atom. The first-order valence-corrected chi connectivity index (χ1v) is 9.70. The summed E-state index contributed by atoms with van der Waals surface area (Å²) in [4.78, 5) is 14.2. The molecule has 1 aromatic carbocycles. The molecule has 0 saturated heterocycles. The predicted octanol–water partition coefficient (Wildman–Crippen LogP) is 1.11. The molecule has 1 heterocycles. The number of anilines is 1. The number of ether oxygens (including phenoxy) is 1. The van der Waals surface area contributed by atoms with Crippen LogP contribution in [0.5, 0.6) is 5.75 Å². The highest BCUT2D eigenvalue weighted by Crippen LogP contribution is 2.33. The number of hydrogen-bond donors (Lipinski definition) is 1. The second-order valence-electron chi connectivity index (χ2n) is 5.78. The zero-order chi connectivity index (χ0) is 17.6. The highest BCUT2D eigenvalue weighted by atomic mass is 32.2. The van der Waals surface area contributed by atoms with E-state index in [1.807, 2.05) is 36.1 Å². The number of amides is 1. The minimum atomic E-state index is -4.18. The Morgan fingerprint density at radius 3 is 2.83 bits per heavy atom. The van der Waals surface area contributed by atoms with Gasteiger partial charge >= 0.3 is 0 Å². The fourth-order valence-electron chi connectivity index (χ4n) is 2.60. The van der Waals surface area contributed by atoms with E-state index in [1.54, 1.807) is 0 Å². The third-order valence-electron chi connectivity index (χ3n) is 3.78. The van der Waals surface area contributed by atoms with E-state index in [2.05, 4.69) is 5.32 Å². The average molecular weight is 355 g/mol. The van der Waals surface area contributed by atoms with Gasteiger partial charge in [-0.15, -0.1) is 0 Å². The summed E-state index contributed by atoms with van der Waals surface area (Å²) in [7, 11) is -4.18. The van der Waals surface area contributed by atoms with Crippen molar-refractivity contribution in [3.8, 4) is 5.75 Å². The maximum atomic E-state index is 12.2. The molecule has 0 radical (unpaired) electrons. The van der Waals surface area contributed by atoms with Crippen molar-refractivity contribution in [2.24, 2.45) is 0 Å². The van der Waals surface area contributed by atoms with Crippen LogP contribution in [-0.4, -0.2) is 50.4 Å². The first-order chi connectivity index (χ1) is 11.4. The summed E-state index contributed by atoms with van der Waals surface area (Å²) in [5.74, 6) is 0.120. The van der Waals surface area contributed by atoms with Crippen LogP contribution in [0.3, 0.4) is 0 Å². The summed E-state index contributed by atoms with van der Waals surface area (Å²) in [5.41, 5.74) is 0.877. The van der Waals surface area contributed by atoms with Gasteiger partial charge in [-0.1, -0.05) is 19.1 Å². The standard InChI is InChI=1S/C16H24N2O5S/c1-2-9-17-16(19)15-12-18(10-5-6-11-24(20,21)22)13-7-3-4-8-14(13)23-15/h3-4,7-8,15H,2,5-6,9-12H2,1H3,(H,17,19)(H,20,21,22)/p-1/t15-/m0/s1. The van der Waals surface area contributed by atoms with Crippen LogP contribution in [0.4, 0.5) is 5.69 Å². The van der Waals surface area contributed by atoms with E-state index >= 15 is 0 Å². The second-order valence-corrected chi connectivity index (χ2v) is 7.30. The number of fused-ring (bicyclic) bond motifs is 1. The molecule has 0 bridgehead atoms. The van der Waals surface area contributed by atoms with Crippen molar-refractivity contribution in [3.05, 3.63) is 24.3 Å². The van der Waals surface area contributed by atoms with Crippen molar-refractivity contribution in [2.45, 2.75) is 32.3 Å². The van der Waals surface area contributed by atoms with Gasteiger partial charge in [-0.05, 0) is 31.4 Å². The van der Waals surface area contributed by atoms with E-state index in [0.717, 1.165) is 12.1 Å². The lowest BCUT2D eigenvalue weighted by Gasteiger charge is -2.35. The fourth-order valence-corrected chi connectivity index (χ4v) is 3.16. The first-order valence-electron chi connectivity index (χ1n) is 8.12. The molecule has 1 aromatic rings. The van der Waals surface area contributed by atoms with Crippen LogP contribution >= 0.6 is 0 Å². The molecule has 0 aliphatic carbocycles. The van der Waals surface area contributed by atoms with Gasteiger partial charge in [-0.2, -0.15) is 0 Å². The highest BCUT2D eigenvalue weighted by molar-refractivity contribution is 7.85. The van der Waals surface area contributed by atoms with Gasteiger partial charge in [-0.25, -0.2) is 8.42 Å². The number of para-hydroxylation sites is 2. The molecule has 0 fully saturated rings. The van der Waals surface area contributed by atoms with E-state index in [9.17, 15) is 17.8 Å². The number of nitrogens with one attached hydrogen (secondary N) is 1. The van der Waals surface area contributed by atoms with Crippen LogP contribution in [0.1, 0.15) is 26.2 Å². The lowest BCUT2D eigenvalue weighted by Crippen LogP contribution is -2.49. The van der Waals surface area contributed by atoms with E-state index in [4.69, 9.17) is 4.74 Å². The van der Waals surface area contributed by atoms with Crippen molar-refractivity contribution < 1.29 is 22.5 Å². The molecule has 1 atom stereocenters. The largest absolute Gasteiger partial charge is 0.748 e. The van der Waals surface area contributed by atoms with Gasteiger partial charge in [0.1, 0.15) is 5.75 Å². The number of carbonyl (C=O) groups excluding carboxylic acids is 1. The molecule has 0 unspecified atom stereocenters. The Morgan fingerprint density at radius 2 is 2.12 bits per heavy atom. The summed E-state index contributed by atoms with van der Waals surface area (Å²) in [6, 6.07) is 7.44. The maximum absolute atomic E-state index is 12.2. The molecule has 0 saturated carbocycles. The molecular weight excluding hydrogens is 332 g/mol. The minimum absolute atomic E-state index is 0.154. The third kappa shape index (κ3) is 5.38. The lowest BCUT2D eigenvalue weighted by atomic mass is 10.1. The van der Waals surface area contributed by atoms with E-state index in [1.165, 1.54) is 0 Å². The van der Waals surface area contributed by atoms with Gasteiger partial charge in [-0.3, -0.25) is 4.79 Å². The molecule has 134 valence electrons. The van der Waals surface area contributed by atoms with Crippen LogP contribution in [0.25, 0.3) is 0 Å². The molecular formula is C16H23N2O5S-.